The summed E-state index contributed by atoms with van der Waals surface area (Å²) in [6.45, 7) is 0. The fourth-order valence-electron chi connectivity index (χ4n) is 7.73. The smallest absolute Gasteiger partial charge is 0.503 e. The van der Waals surface area contributed by atoms with Crippen molar-refractivity contribution in [2.75, 3.05) is 0 Å². The second-order valence-corrected chi connectivity index (χ2v) is 12.5. The number of ether oxygens (including phenoxy) is 1. The summed E-state index contributed by atoms with van der Waals surface area (Å²) in [7, 11) is 0. The molecule has 51 heavy (non-hydrogen) atoms. The first-order valence-electron chi connectivity index (χ1n) is 16.6. The molecule has 0 unspecified atom stereocenters. The van der Waals surface area contributed by atoms with Crippen molar-refractivity contribution < 1.29 is 25.8 Å². The summed E-state index contributed by atoms with van der Waals surface area (Å²) in [6.07, 6.45) is 5.67. The molecule has 0 N–H and O–H groups in total. The number of rotatable bonds is 4. The minimum atomic E-state index is 0. The molecule has 0 atom stereocenters. The normalized spacial score (nSPS) is 11.8. The molecule has 0 amide bonds. The Balaban J connectivity index is 0.00000327. The summed E-state index contributed by atoms with van der Waals surface area (Å²) in [5.41, 5.74) is 8.08. The molecule has 242 valence electrons. The van der Waals surface area contributed by atoms with E-state index < -0.39 is 0 Å². The van der Waals surface area contributed by atoms with Crippen LogP contribution in [0.15, 0.2) is 152 Å². The van der Waals surface area contributed by atoms with Crippen LogP contribution in [0.3, 0.4) is 0 Å². The van der Waals surface area contributed by atoms with Gasteiger partial charge in [0.05, 0.1) is 22.2 Å². The molecule has 0 saturated heterocycles. The second kappa shape index (κ2) is 11.4. The van der Waals surface area contributed by atoms with Crippen LogP contribution in [0.25, 0.3) is 82.4 Å². The number of imidazole rings is 1. The van der Waals surface area contributed by atoms with Crippen molar-refractivity contribution in [2.45, 2.75) is 0 Å². The molecule has 11 aromatic rings. The van der Waals surface area contributed by atoms with Gasteiger partial charge in [-0.2, -0.15) is 6.07 Å². The van der Waals surface area contributed by atoms with Crippen molar-refractivity contribution in [3.63, 3.8) is 0 Å². The topological polar surface area (TPSA) is 49.3 Å². The molecular formula is C44H25N5OPt. The number of hydrogen-bond acceptors (Lipinski definition) is 3. The Morgan fingerprint density at radius 1 is 0.471 bits per heavy atom. The third-order valence-electron chi connectivity index (χ3n) is 9.79. The van der Waals surface area contributed by atoms with Crippen LogP contribution in [0.2, 0.25) is 0 Å². The maximum absolute atomic E-state index is 6.53. The summed E-state index contributed by atoms with van der Waals surface area (Å²) in [5, 5.41) is 7.71. The zero-order valence-corrected chi connectivity index (χ0v) is 29.2. The number of aromatic nitrogens is 5. The van der Waals surface area contributed by atoms with E-state index in [0.717, 1.165) is 71.7 Å². The third kappa shape index (κ3) is 4.33. The molecule has 0 aliphatic heterocycles. The molecule has 6 aromatic carbocycles. The molecule has 11 rings (SSSR count). The van der Waals surface area contributed by atoms with E-state index in [2.05, 4.69) is 140 Å². The van der Waals surface area contributed by atoms with E-state index in [1.54, 1.807) is 0 Å². The summed E-state index contributed by atoms with van der Waals surface area (Å²) in [6, 6.07) is 53.4. The van der Waals surface area contributed by atoms with Gasteiger partial charge in [-0.25, -0.2) is 4.98 Å². The van der Waals surface area contributed by atoms with Crippen LogP contribution in [0.4, 0.5) is 0 Å². The molecule has 7 heteroatoms. The van der Waals surface area contributed by atoms with Crippen molar-refractivity contribution in [1.82, 2.24) is 23.5 Å². The maximum atomic E-state index is 6.53. The van der Waals surface area contributed by atoms with Gasteiger partial charge in [-0.1, -0.05) is 89.3 Å². The average Bonchev–Trinajstić information content (AvgIpc) is 3.89. The van der Waals surface area contributed by atoms with Crippen LogP contribution in [0, 0.1) is 12.1 Å². The van der Waals surface area contributed by atoms with Crippen LogP contribution in [0.5, 0.6) is 11.5 Å². The number of fused-ring (bicyclic) bond motifs is 13. The van der Waals surface area contributed by atoms with E-state index in [9.17, 15) is 0 Å². The largest absolute Gasteiger partial charge is 2.00 e. The Kier molecular flexibility index (Phi) is 6.64. The van der Waals surface area contributed by atoms with Crippen molar-refractivity contribution in [1.29, 1.82) is 0 Å². The van der Waals surface area contributed by atoms with E-state index in [1.165, 1.54) is 10.8 Å². The first-order chi connectivity index (χ1) is 24.8. The monoisotopic (exact) mass is 834 g/mol. The predicted octanol–water partition coefficient (Wildman–Crippen LogP) is 10.6. The van der Waals surface area contributed by atoms with Crippen molar-refractivity contribution in [3.8, 4) is 22.9 Å². The van der Waals surface area contributed by atoms with E-state index >= 15 is 0 Å². The van der Waals surface area contributed by atoms with Gasteiger partial charge < -0.3 is 18.3 Å². The minimum absolute atomic E-state index is 0. The second-order valence-electron chi connectivity index (χ2n) is 12.5. The van der Waals surface area contributed by atoms with Gasteiger partial charge in [-0.3, -0.25) is 4.98 Å². The summed E-state index contributed by atoms with van der Waals surface area (Å²) < 4.78 is 13.2. The van der Waals surface area contributed by atoms with Crippen LogP contribution in [-0.4, -0.2) is 23.5 Å². The summed E-state index contributed by atoms with van der Waals surface area (Å²) in [5.74, 6) is 1.18. The van der Waals surface area contributed by atoms with Crippen LogP contribution < -0.4 is 4.74 Å². The average molecular weight is 835 g/mol. The zero-order valence-electron chi connectivity index (χ0n) is 26.9. The van der Waals surface area contributed by atoms with E-state index in [1.807, 2.05) is 42.9 Å². The number of benzene rings is 6. The Hall–Kier alpha value is -6.23. The van der Waals surface area contributed by atoms with Crippen molar-refractivity contribution in [3.05, 3.63) is 164 Å². The van der Waals surface area contributed by atoms with E-state index in [-0.39, 0.29) is 21.1 Å². The molecule has 0 saturated carbocycles. The minimum Gasteiger partial charge on any atom is -0.503 e. The Bertz CT molecular complexity index is 3140. The first kappa shape index (κ1) is 29.7. The molecule has 0 aliphatic rings. The summed E-state index contributed by atoms with van der Waals surface area (Å²) in [4.78, 5) is 9.61. The number of hydrogen-bond donors (Lipinski definition) is 0. The van der Waals surface area contributed by atoms with Gasteiger partial charge >= 0.3 is 21.1 Å². The van der Waals surface area contributed by atoms with Crippen LogP contribution in [0.1, 0.15) is 0 Å². The molecule has 0 radical (unpaired) electrons. The van der Waals surface area contributed by atoms with Gasteiger partial charge in [-0.05, 0) is 41.8 Å². The van der Waals surface area contributed by atoms with Gasteiger partial charge in [0.1, 0.15) is 5.65 Å². The molecule has 0 bridgehead atoms. The van der Waals surface area contributed by atoms with Gasteiger partial charge in [-0.15, -0.1) is 30.3 Å². The molecule has 5 aromatic heterocycles. The maximum Gasteiger partial charge on any atom is 2.00 e. The molecule has 5 heterocycles. The number of nitrogens with zero attached hydrogens (tertiary/aromatic N) is 5. The van der Waals surface area contributed by atoms with Gasteiger partial charge in [0.2, 0.25) is 0 Å². The molecular weight excluding hydrogens is 810 g/mol. The summed E-state index contributed by atoms with van der Waals surface area (Å²) >= 11 is 0. The Morgan fingerprint density at radius 2 is 1.14 bits per heavy atom. The number of para-hydroxylation sites is 3. The quantitative estimate of drug-likeness (QED) is 0.131. The van der Waals surface area contributed by atoms with Crippen LogP contribution in [-0.2, 0) is 21.1 Å². The first-order valence-corrected chi connectivity index (χ1v) is 16.6. The Labute approximate surface area is 306 Å². The van der Waals surface area contributed by atoms with E-state index in [0.29, 0.717) is 11.5 Å². The van der Waals surface area contributed by atoms with Crippen molar-refractivity contribution in [2.24, 2.45) is 0 Å². The fraction of sp³-hybridized carbons (Fsp3) is 0. The standard InChI is InChI=1S/C44H25N5O.Pt/c1-2-10-28(11-3-1)48-40-18-7-5-15-34(40)35-21-22-36-37-16-9-23-45-44(37)49(42(36)41(35)48)29-12-8-13-30(26-29)50-31-19-20-32-33-14-4-6-17-39(33)47-25-24-46-43(47)38(32)27-31;/h1-25H;/q-2;+2. The third-order valence-corrected chi connectivity index (χ3v) is 9.79. The molecule has 6 nitrogen and oxygen atoms in total. The number of pyridine rings is 2. The Morgan fingerprint density at radius 3 is 2.00 bits per heavy atom. The molecule has 0 fully saturated rings. The van der Waals surface area contributed by atoms with Gasteiger partial charge in [0, 0.05) is 62.8 Å². The van der Waals surface area contributed by atoms with Gasteiger partial charge in [0.15, 0.2) is 0 Å². The van der Waals surface area contributed by atoms with Crippen molar-refractivity contribution >= 4 is 71.1 Å². The zero-order chi connectivity index (χ0) is 32.8. The van der Waals surface area contributed by atoms with Gasteiger partial charge in [0.25, 0.3) is 0 Å². The fourth-order valence-corrected chi connectivity index (χ4v) is 7.73. The predicted molar refractivity (Wildman–Crippen MR) is 201 cm³/mol. The molecule has 0 spiro atoms. The van der Waals surface area contributed by atoms with E-state index in [4.69, 9.17) is 9.72 Å². The SMILES string of the molecule is [Pt+2].[c-]1c(Oc2[c-]c3c(cc2)c2ccccc2n2ccnc32)cccc1-n1c2ncccc2c2ccc3c4ccccc4n(-c4ccccc4)c3c21. The molecule has 0 aliphatic carbocycles. The van der Waals surface area contributed by atoms with Crippen LogP contribution >= 0.6 is 0 Å².